The molecule has 660 valence electrons. The van der Waals surface area contributed by atoms with Crippen molar-refractivity contribution in [3.63, 3.8) is 0 Å². The summed E-state index contributed by atoms with van der Waals surface area (Å²) in [7, 11) is 0. The van der Waals surface area contributed by atoms with Crippen LogP contribution >= 0.6 is 0 Å². The zero-order valence-corrected chi connectivity index (χ0v) is 157. The van der Waals surface area contributed by atoms with Crippen molar-refractivity contribution in [1.29, 1.82) is 0 Å². The van der Waals surface area contributed by atoms with Gasteiger partial charge in [-0.1, -0.05) is 317 Å². The van der Waals surface area contributed by atoms with Crippen LogP contribution in [0, 0.1) is 23.7 Å². The number of aliphatic imine (C=N–C) groups is 1. The van der Waals surface area contributed by atoms with Gasteiger partial charge in [0.15, 0.2) is 0 Å². The van der Waals surface area contributed by atoms with Crippen molar-refractivity contribution in [2.24, 2.45) is 28.7 Å². The van der Waals surface area contributed by atoms with Crippen molar-refractivity contribution in [1.82, 2.24) is 4.98 Å². The Morgan fingerprint density at radius 1 is 0.455 bits per heavy atom. The molecule has 0 aliphatic carbocycles. The first-order valence-electron chi connectivity index (χ1n) is 32.2. The molecule has 0 unspecified atom stereocenters. The molecule has 0 fully saturated rings. The molecule has 1 aromatic heterocycles. The number of amides is 1. The van der Waals surface area contributed by atoms with Crippen LogP contribution in [0.15, 0.2) is 77.6 Å². The second kappa shape index (κ2) is 266. The number of nitrogens with zero attached hydrogens (tertiary/aromatic N) is 3. The standard InChI is InChI=1S/C10H10N.C8H10.C6H9N.C5H10N2.C5H10O.2C5H12.C4H9NO.3C4H10.C3H8S.C3H8.C2H6O.2C2H6.29W/c1-2-8-7-11-10-6-4-3-5-9(8)10;1-2-8-6-4-3-5-7-8;1-2-6-4-3-5-7-6;1-2-3-4-5(6)7;1-3-4-5(2)6;2*1-4-5(2)3;1-2-3-4(5)6;2*1-4(2)3;1-3-4-2;1-2-3-4;1-3-2;1-2-3;2*1-2;;;;;;;;;;;;;;;;;;;;;;;;;;;;;/h3-7H,2H2,1H3;3-7H,2H2,1H3;4-5H,2-3H2,1H3;2-4H2,1H3,(H-2,6,7);3-4H2,1-2H3;2*5H,4H2,1-3H3;2-3H2,1H3,(H2,5,6);2*4H,1-3H3;3-4H2,1-2H3;4H,2-3H2,1H3;3H2,1-2H3;3H,2H2,1H3;2*1-2H3;;;;;;;;;;;;;;;;;;;;;;;;;;;;;/q-1;;;-2;;;;;;;;;;;;;;;;;;;;;;;;;;;;;;;;;;;;;;;;;/p-2. The minimum atomic E-state index is -0.461. The van der Waals surface area contributed by atoms with Crippen LogP contribution in [0.3, 0.4) is 0 Å². The van der Waals surface area contributed by atoms with Crippen LogP contribution in [-0.4, -0.2) is 41.2 Å². The second-order valence-corrected chi connectivity index (χ2v) is 20.5. The zero-order valence-electron chi connectivity index (χ0n) is 71.5. The molecule has 0 bridgehead atoms. The SMILES string of the molecule is CC.CC.CC(C)C.CC(C)C.CCC.CCC(C)C.CCC(C)C.CCC1=CCC=N1.CCCC.CCCC(C)=O.CCCC([NH-])=O.CCCCC(=[N-])[NH-].CCC[S-].CCO.CCc1c[n-]c2ccccc12.CCc1ccccc1.[W].[W].[W].[W].[W].[W].[W].[W].[W].[W].[W].[W].[W].[W].[W].[W].[W].[W].[W].[W].[W].[W].[W].[W].[W].[W].[W].[W].[W]. The number of hydrogen-bond acceptors (Lipinski definition) is 5. The largest absolute Gasteiger partial charge is 0.828 e. The Kier molecular flexibility index (Phi) is 659. The Hall–Kier alpha value is 16.3. The summed E-state index contributed by atoms with van der Waals surface area (Å²) in [6, 6.07) is 18.7. The molecule has 2 heterocycles. The van der Waals surface area contributed by atoms with E-state index in [4.69, 9.17) is 22.0 Å². The van der Waals surface area contributed by atoms with Gasteiger partial charge < -0.3 is 55.0 Å². The van der Waals surface area contributed by atoms with Crippen LogP contribution < -0.4 is 4.98 Å². The quantitative estimate of drug-likeness (QED) is 0.0968. The van der Waals surface area contributed by atoms with Gasteiger partial charge in [-0.25, -0.2) is 0 Å². The van der Waals surface area contributed by atoms with Crippen molar-refractivity contribution < 1.29 is 626 Å². The molecule has 0 radical (unpaired) electrons. The van der Waals surface area contributed by atoms with Crippen LogP contribution in [0.1, 0.15) is 308 Å². The fraction of sp³-hybridized carbons (Fsp3) is 0.722. The Bertz CT molecular complexity index is 1610. The molecular weight excluding hydrogens is 6350 g/mol. The molecule has 1 aliphatic rings. The molecule has 3 N–H and O–H groups in total. The number of aliphatic hydroxyl groups excluding tert-OH is 1. The van der Waals surface area contributed by atoms with Crippen LogP contribution in [0.4, 0.5) is 0 Å². The molecule has 110 heavy (non-hydrogen) atoms. The van der Waals surface area contributed by atoms with Crippen molar-refractivity contribution in [2.75, 3.05) is 12.4 Å². The third kappa shape index (κ3) is 352. The summed E-state index contributed by atoms with van der Waals surface area (Å²) < 4.78 is 0. The maximum absolute atomic E-state index is 10.0. The smallest absolute Gasteiger partial charge is 0.129 e. The molecule has 8 nitrogen and oxygen atoms in total. The minimum absolute atomic E-state index is 0. The summed E-state index contributed by atoms with van der Waals surface area (Å²) in [6.45, 7) is 60.9. The molecular formula is C72H144N5O3SW29-5. The zero-order chi connectivity index (χ0) is 66.3. The van der Waals surface area contributed by atoms with E-state index >= 15 is 0 Å². The Balaban J connectivity index is -0.0000000118. The van der Waals surface area contributed by atoms with Gasteiger partial charge in [0, 0.05) is 648 Å². The van der Waals surface area contributed by atoms with Crippen LogP contribution in [0.2, 0.25) is 0 Å². The molecule has 0 saturated carbocycles. The van der Waals surface area contributed by atoms with E-state index in [1.807, 2.05) is 73.0 Å². The van der Waals surface area contributed by atoms with Gasteiger partial charge in [-0.3, -0.25) is 4.99 Å². The van der Waals surface area contributed by atoms with Gasteiger partial charge >= 0.3 is 0 Å². The number of para-hydroxylation sites is 1. The van der Waals surface area contributed by atoms with E-state index < -0.39 is 5.91 Å². The summed E-state index contributed by atoms with van der Waals surface area (Å²) in [5, 5.41) is 17.1. The van der Waals surface area contributed by atoms with Gasteiger partial charge in [-0.2, -0.15) is 11.9 Å². The predicted octanol–water partition coefficient (Wildman–Crippen LogP) is 24.9. The summed E-state index contributed by atoms with van der Waals surface area (Å²) in [5.41, 5.74) is 18.0. The van der Waals surface area contributed by atoms with Gasteiger partial charge in [-0.15, -0.1) is 5.52 Å². The summed E-state index contributed by atoms with van der Waals surface area (Å²) >= 11 is 4.55. The van der Waals surface area contributed by atoms with Crippen molar-refractivity contribution in [3.05, 3.63) is 101 Å². The molecule has 0 spiro atoms. The monoisotopic (exact) mass is 6490 g/mol. The van der Waals surface area contributed by atoms with Crippen LogP contribution in [-0.2, 0) is 646 Å². The first kappa shape index (κ1) is 273. The normalized spacial score (nSPS) is 6.81. The van der Waals surface area contributed by atoms with Crippen LogP contribution in [0.25, 0.3) is 27.8 Å². The molecule has 0 saturated heterocycles. The molecule has 0 atom stereocenters. The third-order valence-corrected chi connectivity index (χ3v) is 8.91. The summed E-state index contributed by atoms with van der Waals surface area (Å²) in [6.07, 6.45) is 23.5. The number of aliphatic hydroxyl groups is 1. The Morgan fingerprint density at radius 2 is 0.736 bits per heavy atom. The maximum Gasteiger partial charge on any atom is 0.129 e. The number of hydrogen-bond donors (Lipinski definition) is 1. The molecule has 2 aromatic carbocycles. The van der Waals surface area contributed by atoms with Crippen molar-refractivity contribution >= 4 is 47.3 Å². The average Bonchev–Trinajstić information content (AvgIpc) is 1.73. The number of benzene rings is 2. The molecule has 1 aliphatic heterocycles. The minimum Gasteiger partial charge on any atom is -0.828 e. The van der Waals surface area contributed by atoms with Gasteiger partial charge in [0.2, 0.25) is 0 Å². The summed E-state index contributed by atoms with van der Waals surface area (Å²) in [5.74, 6) is 3.97. The summed E-state index contributed by atoms with van der Waals surface area (Å²) in [4.78, 5) is 28.1. The number of ketones is 1. The van der Waals surface area contributed by atoms with Gasteiger partial charge in [0.05, 0.1) is 0 Å². The number of nitrogens with one attached hydrogen (secondary N) is 2. The number of carbonyl (C=O) groups is 2. The number of Topliss-reactive ketones (excluding diaryl/α,β-unsaturated/α-hetero) is 1. The number of allylic oxidation sites excluding steroid dienone is 2. The van der Waals surface area contributed by atoms with Gasteiger partial charge in [0.25, 0.3) is 0 Å². The van der Waals surface area contributed by atoms with Crippen LogP contribution in [0.5, 0.6) is 0 Å². The fourth-order valence-corrected chi connectivity index (χ4v) is 3.64. The molecule has 4 rings (SSSR count). The van der Waals surface area contributed by atoms with E-state index in [1.54, 1.807) is 13.8 Å². The number of amidine groups is 1. The van der Waals surface area contributed by atoms with E-state index in [2.05, 4.69) is 210 Å². The van der Waals surface area contributed by atoms with Crippen molar-refractivity contribution in [3.8, 4) is 0 Å². The maximum atomic E-state index is 10.0. The van der Waals surface area contributed by atoms with Crippen molar-refractivity contribution in [2.45, 2.75) is 310 Å². The number of aryl methyl sites for hydroxylation is 2. The number of unbranched alkanes of at least 4 members (excludes halogenated alkanes) is 2. The van der Waals surface area contributed by atoms with Gasteiger partial charge in [0.1, 0.15) is 5.78 Å². The second-order valence-electron chi connectivity index (χ2n) is 20.1. The topological polar surface area (TPSA) is 151 Å². The van der Waals surface area contributed by atoms with E-state index in [1.165, 1.54) is 54.3 Å². The first-order chi connectivity index (χ1) is 38.2. The van der Waals surface area contributed by atoms with Gasteiger partial charge in [-0.05, 0) is 80.6 Å². The molecule has 1 amide bonds. The van der Waals surface area contributed by atoms with E-state index in [-0.39, 0.29) is 629 Å². The molecule has 38 heteroatoms. The molecule has 3 aromatic rings. The predicted molar refractivity (Wildman–Crippen MR) is 382 cm³/mol. The Morgan fingerprint density at radius 3 is 0.873 bits per heavy atom. The average molecular weight is 6490 g/mol. The van der Waals surface area contributed by atoms with E-state index in [9.17, 15) is 9.59 Å². The van der Waals surface area contributed by atoms with E-state index in [0.29, 0.717) is 12.8 Å². The Labute approximate surface area is 1110 Å². The number of rotatable bonds is 14. The first-order valence-corrected chi connectivity index (χ1v) is 32.8. The fourth-order valence-electron chi connectivity index (χ4n) is 3.64. The van der Waals surface area contributed by atoms with E-state index in [0.717, 1.165) is 99.1 Å². The number of aromatic nitrogens is 1. The number of fused-ring (bicyclic) bond motifs is 1. The number of carbonyl (C=O) groups excluding carboxylic acids is 2. The third-order valence-electron chi connectivity index (χ3n) is 8.50.